The summed E-state index contributed by atoms with van der Waals surface area (Å²) in [5.41, 5.74) is 1.28. The number of aromatic nitrogens is 2. The minimum Gasteiger partial charge on any atom is -0.297 e. The largest absolute Gasteiger partial charge is 0.297 e. The quantitative estimate of drug-likeness (QED) is 0.736. The zero-order chi connectivity index (χ0) is 10.7. The molecule has 0 saturated heterocycles. The molecule has 0 N–H and O–H groups in total. The van der Waals surface area contributed by atoms with Crippen LogP contribution in [-0.2, 0) is 0 Å². The Bertz CT molecular complexity index is 343. The van der Waals surface area contributed by atoms with Gasteiger partial charge in [0, 0.05) is 31.5 Å². The first-order valence-electron chi connectivity index (χ1n) is 5.48. The van der Waals surface area contributed by atoms with Gasteiger partial charge >= 0.3 is 0 Å². The molecular weight excluding hydrogens is 186 g/mol. The highest BCUT2D eigenvalue weighted by molar-refractivity contribution is 5.60. The lowest BCUT2D eigenvalue weighted by Crippen LogP contribution is -2.34. The highest BCUT2D eigenvalue weighted by Crippen LogP contribution is 2.19. The van der Waals surface area contributed by atoms with Gasteiger partial charge in [-0.25, -0.2) is 9.97 Å². The first-order chi connectivity index (χ1) is 7.27. The van der Waals surface area contributed by atoms with E-state index in [2.05, 4.69) is 34.8 Å². The molecule has 3 heteroatoms. The van der Waals surface area contributed by atoms with Crippen LogP contribution in [0.4, 0.5) is 0 Å². The molecule has 1 aliphatic rings. The van der Waals surface area contributed by atoms with Crippen molar-refractivity contribution in [2.75, 3.05) is 13.1 Å². The molecule has 0 spiro atoms. The fourth-order valence-electron chi connectivity index (χ4n) is 1.82. The van der Waals surface area contributed by atoms with Gasteiger partial charge < -0.3 is 0 Å². The van der Waals surface area contributed by atoms with Crippen LogP contribution in [0.2, 0.25) is 0 Å². The molecule has 1 aromatic rings. The van der Waals surface area contributed by atoms with E-state index in [4.69, 9.17) is 0 Å². The van der Waals surface area contributed by atoms with Crippen molar-refractivity contribution in [3.05, 3.63) is 30.4 Å². The minimum atomic E-state index is 0.625. The molecule has 0 atom stereocenters. The summed E-state index contributed by atoms with van der Waals surface area (Å²) in [6.07, 6.45) is 6.91. The molecule has 0 aromatic carbocycles. The van der Waals surface area contributed by atoms with Gasteiger partial charge in [0.2, 0.25) is 0 Å². The van der Waals surface area contributed by atoms with E-state index in [1.54, 1.807) is 12.4 Å². The summed E-state index contributed by atoms with van der Waals surface area (Å²) in [6, 6.07) is 2.48. The van der Waals surface area contributed by atoms with E-state index >= 15 is 0 Å². The highest BCUT2D eigenvalue weighted by Gasteiger charge is 2.15. The molecule has 0 bridgehead atoms. The lowest BCUT2D eigenvalue weighted by Gasteiger charge is -2.29. The third-order valence-electron chi connectivity index (χ3n) is 2.82. The van der Waals surface area contributed by atoms with Crippen molar-refractivity contribution in [3.8, 4) is 0 Å². The van der Waals surface area contributed by atoms with Crippen molar-refractivity contribution in [2.45, 2.75) is 26.3 Å². The summed E-state index contributed by atoms with van der Waals surface area (Å²) in [4.78, 5) is 11.0. The van der Waals surface area contributed by atoms with Crippen molar-refractivity contribution < 1.29 is 0 Å². The smallest absolute Gasteiger partial charge is 0.154 e. The standard InChI is InChI=1S/C12H17N3/c1-10(2)15-8-4-11(5-9-15)12-13-6-3-7-14-12/h3-4,6-7,10H,5,8-9H2,1-2H3. The van der Waals surface area contributed by atoms with Gasteiger partial charge in [0.15, 0.2) is 5.82 Å². The van der Waals surface area contributed by atoms with Gasteiger partial charge in [-0.3, -0.25) is 4.90 Å². The normalized spacial score (nSPS) is 17.9. The van der Waals surface area contributed by atoms with Crippen molar-refractivity contribution >= 4 is 5.57 Å². The van der Waals surface area contributed by atoms with Gasteiger partial charge in [-0.15, -0.1) is 0 Å². The van der Waals surface area contributed by atoms with Crippen LogP contribution in [0.5, 0.6) is 0 Å². The third kappa shape index (κ3) is 2.42. The first-order valence-corrected chi connectivity index (χ1v) is 5.48. The third-order valence-corrected chi connectivity index (χ3v) is 2.82. The predicted molar refractivity (Wildman–Crippen MR) is 61.3 cm³/mol. The van der Waals surface area contributed by atoms with Gasteiger partial charge in [0.05, 0.1) is 0 Å². The maximum Gasteiger partial charge on any atom is 0.154 e. The molecule has 2 heterocycles. The monoisotopic (exact) mass is 203 g/mol. The summed E-state index contributed by atoms with van der Waals surface area (Å²) in [5, 5.41) is 0. The zero-order valence-corrected chi connectivity index (χ0v) is 9.35. The van der Waals surface area contributed by atoms with E-state index in [1.807, 2.05) is 6.07 Å². The predicted octanol–water partition coefficient (Wildman–Crippen LogP) is 1.97. The fourth-order valence-corrected chi connectivity index (χ4v) is 1.82. The van der Waals surface area contributed by atoms with Crippen molar-refractivity contribution in [1.29, 1.82) is 0 Å². The second-order valence-electron chi connectivity index (χ2n) is 4.14. The summed E-state index contributed by atoms with van der Waals surface area (Å²) < 4.78 is 0. The number of nitrogens with zero attached hydrogens (tertiary/aromatic N) is 3. The number of hydrogen-bond donors (Lipinski definition) is 0. The minimum absolute atomic E-state index is 0.625. The Morgan fingerprint density at radius 1 is 1.27 bits per heavy atom. The van der Waals surface area contributed by atoms with Crippen LogP contribution in [0, 0.1) is 0 Å². The average Bonchev–Trinajstić information content (AvgIpc) is 2.30. The number of hydrogen-bond acceptors (Lipinski definition) is 3. The molecular formula is C12H17N3. The van der Waals surface area contributed by atoms with Gasteiger partial charge in [-0.1, -0.05) is 6.08 Å². The molecule has 3 nitrogen and oxygen atoms in total. The Morgan fingerprint density at radius 3 is 2.53 bits per heavy atom. The molecule has 0 aliphatic carbocycles. The summed E-state index contributed by atoms with van der Waals surface area (Å²) in [6.45, 7) is 6.60. The molecule has 80 valence electrons. The van der Waals surface area contributed by atoms with Crippen LogP contribution < -0.4 is 0 Å². The van der Waals surface area contributed by atoms with E-state index in [1.165, 1.54) is 5.57 Å². The van der Waals surface area contributed by atoms with Crippen LogP contribution in [0.1, 0.15) is 26.1 Å². The molecule has 2 rings (SSSR count). The van der Waals surface area contributed by atoms with Crippen LogP contribution in [0.3, 0.4) is 0 Å². The molecule has 1 aromatic heterocycles. The summed E-state index contributed by atoms with van der Waals surface area (Å²) in [7, 11) is 0. The summed E-state index contributed by atoms with van der Waals surface area (Å²) in [5.74, 6) is 0.890. The molecule has 0 amide bonds. The topological polar surface area (TPSA) is 29.0 Å². The SMILES string of the molecule is CC(C)N1CC=C(c2ncccn2)CC1. The number of rotatable bonds is 2. The van der Waals surface area contributed by atoms with Crippen LogP contribution in [0.15, 0.2) is 24.5 Å². The van der Waals surface area contributed by atoms with E-state index in [0.29, 0.717) is 6.04 Å². The Morgan fingerprint density at radius 2 is 2.00 bits per heavy atom. The Hall–Kier alpha value is -1.22. The molecule has 1 aliphatic heterocycles. The first kappa shape index (κ1) is 10.3. The lowest BCUT2D eigenvalue weighted by molar-refractivity contribution is 0.245. The van der Waals surface area contributed by atoms with E-state index in [9.17, 15) is 0 Å². The van der Waals surface area contributed by atoms with Crippen molar-refractivity contribution in [3.63, 3.8) is 0 Å². The van der Waals surface area contributed by atoms with E-state index < -0.39 is 0 Å². The Labute approximate surface area is 90.9 Å². The fraction of sp³-hybridized carbons (Fsp3) is 0.500. The summed E-state index contributed by atoms with van der Waals surface area (Å²) >= 11 is 0. The molecule has 0 unspecified atom stereocenters. The highest BCUT2D eigenvalue weighted by atomic mass is 15.1. The average molecular weight is 203 g/mol. The van der Waals surface area contributed by atoms with Crippen molar-refractivity contribution in [2.24, 2.45) is 0 Å². The molecule has 0 fully saturated rings. The molecule has 0 radical (unpaired) electrons. The van der Waals surface area contributed by atoms with Crippen LogP contribution >= 0.6 is 0 Å². The second-order valence-corrected chi connectivity index (χ2v) is 4.14. The Balaban J connectivity index is 2.09. The second kappa shape index (κ2) is 4.53. The van der Waals surface area contributed by atoms with Gasteiger partial charge in [-0.05, 0) is 31.9 Å². The lowest BCUT2D eigenvalue weighted by atomic mass is 10.1. The zero-order valence-electron chi connectivity index (χ0n) is 9.35. The van der Waals surface area contributed by atoms with E-state index in [-0.39, 0.29) is 0 Å². The van der Waals surface area contributed by atoms with Gasteiger partial charge in [-0.2, -0.15) is 0 Å². The molecule has 0 saturated carbocycles. The van der Waals surface area contributed by atoms with Crippen LogP contribution in [-0.4, -0.2) is 34.0 Å². The van der Waals surface area contributed by atoms with E-state index in [0.717, 1.165) is 25.3 Å². The van der Waals surface area contributed by atoms with Crippen molar-refractivity contribution in [1.82, 2.24) is 14.9 Å². The van der Waals surface area contributed by atoms with Gasteiger partial charge in [0.25, 0.3) is 0 Å². The maximum atomic E-state index is 4.27. The maximum absolute atomic E-state index is 4.27. The van der Waals surface area contributed by atoms with Crippen LogP contribution in [0.25, 0.3) is 5.57 Å². The Kier molecular flexibility index (Phi) is 3.11. The molecule has 15 heavy (non-hydrogen) atoms. The van der Waals surface area contributed by atoms with Gasteiger partial charge in [0.1, 0.15) is 0 Å².